The van der Waals surface area contributed by atoms with Crippen LogP contribution in [0, 0.1) is 24.3 Å². The van der Waals surface area contributed by atoms with E-state index in [0.29, 0.717) is 0 Å². The maximum absolute atomic E-state index is 5.36. The molecule has 1 aliphatic rings. The number of pyridine rings is 9. The molecule has 0 bridgehead atoms. The van der Waals surface area contributed by atoms with Gasteiger partial charge in [-0.05, 0) is 116 Å². The second-order valence-electron chi connectivity index (χ2n) is 34.5. The van der Waals surface area contributed by atoms with E-state index in [-0.39, 0.29) is 113 Å². The van der Waals surface area contributed by atoms with Crippen molar-refractivity contribution in [2.24, 2.45) is 0 Å². The normalized spacial score (nSPS) is 12.8. The van der Waals surface area contributed by atoms with Crippen molar-refractivity contribution < 1.29 is 80.4 Å². The molecule has 0 spiro atoms. The molecule has 6 aromatic carbocycles. The molecule has 4 radical (unpaired) electrons. The fraction of sp³-hybridized carbons (Fsp3) is 0.240. The van der Waals surface area contributed by atoms with Crippen LogP contribution in [0.2, 0.25) is 0 Å². The summed E-state index contributed by atoms with van der Waals surface area (Å²) in [5.41, 5.74) is 29.2. The Morgan fingerprint density at radius 3 is 1.23 bits per heavy atom. The Morgan fingerprint density at radius 2 is 0.735 bits per heavy atom. The van der Waals surface area contributed by atoms with Crippen LogP contribution in [0.5, 0.6) is 0 Å². The summed E-state index contributed by atoms with van der Waals surface area (Å²) in [7, 11) is 0. The number of hydrogen-bond donors (Lipinski definition) is 0. The molecule has 0 N–H and O–H groups in total. The second-order valence-corrected chi connectivity index (χ2v) is 34.5. The SMILES string of the molecule is CC(C)(C)c1c[c-]c2c(n1)nc(C(C)(C)C)c1c2nc2ccccn21.CC(C)(C)c1nc2c3c(c[c-]c2c2nc4ccccn4c12)-c1ccccc1C3(C)C.CC(C)(C)c1nc[c-]c2c1nc(C(C)(C)C)c1c2nc2ccccn21.[Ir].[Ir].[Ir].[Ir].[c-]1cccc2c(-c3ccccc3)c(-c3ccccc3)c3c(nc4ccccn43)c12. The van der Waals surface area contributed by atoms with E-state index in [2.05, 4.69) is 311 Å². The summed E-state index contributed by atoms with van der Waals surface area (Å²) >= 11 is 0. The zero-order chi connectivity index (χ0) is 76.0. The van der Waals surface area contributed by atoms with E-state index in [0.717, 1.165) is 133 Å². The Balaban J connectivity index is 0.000000131. The minimum absolute atomic E-state index is 0. The predicted octanol–water partition coefficient (Wildman–Crippen LogP) is 22.9. The standard InChI is InChI=1S/C27H24N3.C27H17N2.2C21H23N4.4Ir/c1-26(2,3)25-24-23(28-20-12-8-9-15-30(20)24)18-14-13-17-16-10-6-7-11-19(16)27(4,5)21(17)22(18)29-25;1-3-11-19(12-4-1)24-21-15-7-8-16-22(21)26-27(25(24)20-13-5-2-6-14-20)29-18-10-9-17-23(29)28-26;1-20(2,3)14-11-10-13-16-17(25-12-8-7-9-15(25)23-16)18(21(4,5)6)24-19(13)22-14;1-20(2,3)18-16-13(10-11-22-18)15-17(19(24-16)21(4,5)6)25-12-8-7-9-14(25)23-15;;;;/h6-13,15H,1-5H3;1-15,17-18H;2*7-9,11-12H,1-6H3;;;;/q4*-1;;;;. The molecule has 13 heterocycles. The molecule has 17 heteroatoms. The van der Waals surface area contributed by atoms with Gasteiger partial charge in [0.25, 0.3) is 0 Å². The van der Waals surface area contributed by atoms with E-state index in [9.17, 15) is 0 Å². The van der Waals surface area contributed by atoms with Crippen LogP contribution >= 0.6 is 0 Å². The van der Waals surface area contributed by atoms with Crippen molar-refractivity contribution in [3.05, 3.63) is 283 Å². The summed E-state index contributed by atoms with van der Waals surface area (Å²) in [6.45, 7) is 37.4. The van der Waals surface area contributed by atoms with Crippen molar-refractivity contribution in [2.75, 3.05) is 0 Å². The van der Waals surface area contributed by atoms with E-state index in [1.54, 1.807) is 6.20 Å². The molecule has 576 valence electrons. The van der Waals surface area contributed by atoms with Gasteiger partial charge in [0.15, 0.2) is 0 Å². The van der Waals surface area contributed by atoms with Crippen LogP contribution in [0.15, 0.2) is 219 Å². The van der Waals surface area contributed by atoms with E-state index >= 15 is 0 Å². The average molecular weight is 2190 g/mol. The predicted molar refractivity (Wildman–Crippen MR) is 447 cm³/mol. The van der Waals surface area contributed by atoms with E-state index in [4.69, 9.17) is 39.9 Å². The number of benzene rings is 6. The van der Waals surface area contributed by atoms with Crippen molar-refractivity contribution in [3.8, 4) is 33.4 Å². The first-order valence-electron chi connectivity index (χ1n) is 37.6. The van der Waals surface area contributed by atoms with Gasteiger partial charge in [-0.3, -0.25) is 34.9 Å². The Hall–Kier alpha value is -9.49. The third-order valence-electron chi connectivity index (χ3n) is 21.0. The fourth-order valence-electron chi connectivity index (χ4n) is 15.9. The van der Waals surface area contributed by atoms with Gasteiger partial charge in [-0.1, -0.05) is 260 Å². The van der Waals surface area contributed by atoms with Gasteiger partial charge >= 0.3 is 0 Å². The molecule has 1 aliphatic carbocycles. The maximum atomic E-state index is 5.36. The maximum Gasteiger partial charge on any atom is 0.127 e. The van der Waals surface area contributed by atoms with E-state index < -0.39 is 0 Å². The van der Waals surface area contributed by atoms with Gasteiger partial charge in [0.1, 0.15) is 22.6 Å². The Morgan fingerprint density at radius 1 is 0.319 bits per heavy atom. The zero-order valence-electron chi connectivity index (χ0n) is 66.4. The molecular weight excluding hydrogens is 2100 g/mol. The summed E-state index contributed by atoms with van der Waals surface area (Å²) in [5, 5.41) is 5.09. The third kappa shape index (κ3) is 14.2. The first-order valence-corrected chi connectivity index (χ1v) is 37.6. The van der Waals surface area contributed by atoms with E-state index in [1.807, 2.05) is 66.9 Å². The Kier molecular flexibility index (Phi) is 21.9. The fourth-order valence-corrected chi connectivity index (χ4v) is 15.9. The summed E-state index contributed by atoms with van der Waals surface area (Å²) in [6.07, 6.45) is 10.0. The van der Waals surface area contributed by atoms with Crippen LogP contribution in [0.1, 0.15) is 157 Å². The van der Waals surface area contributed by atoms with Crippen LogP contribution in [0.3, 0.4) is 0 Å². The van der Waals surface area contributed by atoms with Gasteiger partial charge in [0, 0.05) is 166 Å². The molecule has 0 unspecified atom stereocenters. The van der Waals surface area contributed by atoms with Gasteiger partial charge in [-0.15, -0.1) is 59.3 Å². The van der Waals surface area contributed by atoms with Crippen molar-refractivity contribution in [1.82, 2.24) is 62.5 Å². The van der Waals surface area contributed by atoms with Crippen LogP contribution in [-0.4, -0.2) is 62.5 Å². The molecule has 0 amide bonds. The zero-order valence-corrected chi connectivity index (χ0v) is 76.0. The third-order valence-corrected chi connectivity index (χ3v) is 21.0. The van der Waals surface area contributed by atoms with Gasteiger partial charge in [0.2, 0.25) is 0 Å². The molecule has 0 saturated carbocycles. The Labute approximate surface area is 713 Å². The molecule has 0 aliphatic heterocycles. The van der Waals surface area contributed by atoms with Crippen LogP contribution in [0.4, 0.5) is 0 Å². The summed E-state index contributed by atoms with van der Waals surface area (Å²) < 4.78 is 8.62. The number of rotatable bonds is 2. The second kappa shape index (κ2) is 30.4. The smallest absolute Gasteiger partial charge is 0.127 e. The molecule has 0 fully saturated rings. The van der Waals surface area contributed by atoms with Gasteiger partial charge < -0.3 is 27.6 Å². The number of aromatic nitrogens is 13. The summed E-state index contributed by atoms with van der Waals surface area (Å²) in [4.78, 5) is 44.7. The van der Waals surface area contributed by atoms with Crippen molar-refractivity contribution in [2.45, 2.75) is 150 Å². The Bertz CT molecular complexity index is 6860. The minimum atomic E-state index is -0.117. The molecular formula is C96H87Ir4N13-4. The van der Waals surface area contributed by atoms with Gasteiger partial charge in [0.05, 0.1) is 28.1 Å². The minimum Gasteiger partial charge on any atom is -0.330 e. The number of hydrogen-bond acceptors (Lipinski definition) is 9. The molecule has 19 aromatic rings. The first kappa shape index (κ1) is 81.5. The van der Waals surface area contributed by atoms with Crippen molar-refractivity contribution >= 4 is 110 Å². The molecule has 20 rings (SSSR count). The van der Waals surface area contributed by atoms with Crippen molar-refractivity contribution in [3.63, 3.8) is 0 Å². The van der Waals surface area contributed by atoms with Crippen LogP contribution in [0.25, 0.3) is 144 Å². The van der Waals surface area contributed by atoms with E-state index in [1.165, 1.54) is 49.9 Å². The van der Waals surface area contributed by atoms with Crippen LogP contribution < -0.4 is 0 Å². The van der Waals surface area contributed by atoms with Gasteiger partial charge in [-0.25, -0.2) is 0 Å². The first-order chi connectivity index (χ1) is 52.0. The molecule has 13 nitrogen and oxygen atoms in total. The summed E-state index contributed by atoms with van der Waals surface area (Å²) in [6, 6.07) is 78.5. The molecule has 0 atom stereocenters. The van der Waals surface area contributed by atoms with Crippen LogP contribution in [-0.2, 0) is 113 Å². The van der Waals surface area contributed by atoms with Crippen molar-refractivity contribution in [1.29, 1.82) is 0 Å². The van der Waals surface area contributed by atoms with Gasteiger partial charge in [-0.2, -0.15) is 6.07 Å². The topological polar surface area (TPSA) is 134 Å². The number of imidazole rings is 4. The quantitative estimate of drug-likeness (QED) is 0.155. The molecule has 113 heavy (non-hydrogen) atoms. The monoisotopic (exact) mass is 2190 g/mol. The number of fused-ring (bicyclic) bond motifs is 24. The largest absolute Gasteiger partial charge is 0.330 e. The average Bonchev–Trinajstić information content (AvgIpc) is 1.47. The molecule has 0 saturated heterocycles. The molecule has 13 aromatic heterocycles. The summed E-state index contributed by atoms with van der Waals surface area (Å²) in [5.74, 6) is 0. The number of nitrogens with zero attached hydrogens (tertiary/aromatic N) is 13.